The Kier molecular flexibility index (Phi) is 6.62. The van der Waals surface area contributed by atoms with Gasteiger partial charge < -0.3 is 4.90 Å². The molecular formula is C32H31N3O2. The first kappa shape index (κ1) is 24.4. The van der Waals surface area contributed by atoms with Gasteiger partial charge in [0.15, 0.2) is 0 Å². The molecule has 5 rings (SSSR count). The smallest absolute Gasteiger partial charge is 0.266 e. The summed E-state index contributed by atoms with van der Waals surface area (Å²) >= 11 is 0. The van der Waals surface area contributed by atoms with Crippen LogP contribution in [-0.4, -0.2) is 26.9 Å². The van der Waals surface area contributed by atoms with Crippen molar-refractivity contribution in [2.45, 2.75) is 40.2 Å². The monoisotopic (exact) mass is 489 g/mol. The van der Waals surface area contributed by atoms with E-state index in [0.29, 0.717) is 35.3 Å². The third kappa shape index (κ3) is 4.42. The van der Waals surface area contributed by atoms with E-state index in [1.165, 1.54) is 0 Å². The molecule has 0 saturated carbocycles. The summed E-state index contributed by atoms with van der Waals surface area (Å²) in [4.78, 5) is 34.7. The van der Waals surface area contributed by atoms with Crippen LogP contribution in [0, 0.1) is 13.8 Å². The number of carbonyl (C=O) groups is 1. The first-order valence-electron chi connectivity index (χ1n) is 12.8. The van der Waals surface area contributed by atoms with E-state index in [4.69, 9.17) is 4.98 Å². The molecule has 0 spiro atoms. The maximum absolute atomic E-state index is 13.9. The maximum atomic E-state index is 13.9. The normalized spacial score (nSPS) is 12.1. The van der Waals surface area contributed by atoms with Crippen molar-refractivity contribution in [3.8, 4) is 5.69 Å². The van der Waals surface area contributed by atoms with Crippen molar-refractivity contribution in [3.05, 3.63) is 118 Å². The van der Waals surface area contributed by atoms with E-state index in [9.17, 15) is 9.59 Å². The van der Waals surface area contributed by atoms with Gasteiger partial charge in [-0.2, -0.15) is 0 Å². The van der Waals surface area contributed by atoms with Gasteiger partial charge in [-0.3, -0.25) is 14.2 Å². The Labute approximate surface area is 217 Å². The lowest BCUT2D eigenvalue weighted by molar-refractivity contribution is 0.0672. The fourth-order valence-electron chi connectivity index (χ4n) is 5.20. The lowest BCUT2D eigenvalue weighted by Crippen LogP contribution is -2.38. The van der Waals surface area contributed by atoms with Crippen molar-refractivity contribution >= 4 is 27.6 Å². The lowest BCUT2D eigenvalue weighted by atomic mass is 10.0. The van der Waals surface area contributed by atoms with E-state index in [1.54, 1.807) is 4.57 Å². The van der Waals surface area contributed by atoms with Crippen molar-refractivity contribution < 1.29 is 4.79 Å². The summed E-state index contributed by atoms with van der Waals surface area (Å²) < 4.78 is 1.71. The second kappa shape index (κ2) is 10.0. The Hall–Kier alpha value is -4.25. The molecule has 37 heavy (non-hydrogen) atoms. The predicted octanol–water partition coefficient (Wildman–Crippen LogP) is 6.77. The van der Waals surface area contributed by atoms with Crippen molar-refractivity contribution in [1.82, 2.24) is 14.5 Å². The van der Waals surface area contributed by atoms with Crippen LogP contribution >= 0.6 is 0 Å². The highest BCUT2D eigenvalue weighted by molar-refractivity contribution is 5.98. The van der Waals surface area contributed by atoms with Gasteiger partial charge in [-0.05, 0) is 73.9 Å². The fraction of sp³-hybridized carbons (Fsp3) is 0.219. The number of aryl methyl sites for hydroxylation is 2. The number of amides is 1. The van der Waals surface area contributed by atoms with Crippen LogP contribution < -0.4 is 5.56 Å². The van der Waals surface area contributed by atoms with E-state index in [0.717, 1.165) is 27.6 Å². The molecule has 0 saturated heterocycles. The third-order valence-electron chi connectivity index (χ3n) is 7.05. The topological polar surface area (TPSA) is 55.2 Å². The molecule has 4 aromatic carbocycles. The van der Waals surface area contributed by atoms with Gasteiger partial charge in [0.2, 0.25) is 0 Å². The standard InChI is InChI=1S/C32H31N3O2/c1-5-28(34(6-2)31(36)25-17-16-23-11-7-8-12-24(23)20-25)30-33-27-14-10-9-13-26(27)32(37)35(30)29-18-15-21(3)19-22(29)4/h7-20,28H,5-6H2,1-4H3. The van der Waals surface area contributed by atoms with Gasteiger partial charge in [0, 0.05) is 12.1 Å². The van der Waals surface area contributed by atoms with Crippen molar-refractivity contribution in [2.75, 3.05) is 6.54 Å². The molecule has 1 atom stereocenters. The average Bonchev–Trinajstić information content (AvgIpc) is 2.91. The molecule has 1 unspecified atom stereocenters. The zero-order valence-electron chi connectivity index (χ0n) is 21.7. The largest absolute Gasteiger partial charge is 0.329 e. The molecule has 1 amide bonds. The summed E-state index contributed by atoms with van der Waals surface area (Å²) in [6.45, 7) is 8.54. The summed E-state index contributed by atoms with van der Waals surface area (Å²) in [5.41, 5.74) is 4.03. The molecule has 1 heterocycles. The molecule has 0 fully saturated rings. The van der Waals surface area contributed by atoms with Crippen LogP contribution in [0.1, 0.15) is 53.6 Å². The van der Waals surface area contributed by atoms with Gasteiger partial charge in [0.1, 0.15) is 5.82 Å². The molecule has 0 aliphatic rings. The summed E-state index contributed by atoms with van der Waals surface area (Å²) in [5, 5.41) is 2.67. The van der Waals surface area contributed by atoms with Gasteiger partial charge in [-0.1, -0.05) is 67.1 Å². The molecule has 0 aliphatic heterocycles. The Balaban J connectivity index is 1.70. The Morgan fingerprint density at radius 1 is 0.892 bits per heavy atom. The summed E-state index contributed by atoms with van der Waals surface area (Å²) in [6.07, 6.45) is 0.614. The number of rotatable bonds is 6. The summed E-state index contributed by atoms with van der Waals surface area (Å²) in [7, 11) is 0. The Morgan fingerprint density at radius 2 is 1.62 bits per heavy atom. The SMILES string of the molecule is CCC(c1nc2ccccc2c(=O)n1-c1ccc(C)cc1C)N(CC)C(=O)c1ccc2ccccc2c1. The van der Waals surface area contributed by atoms with Crippen molar-refractivity contribution in [3.63, 3.8) is 0 Å². The predicted molar refractivity (Wildman–Crippen MR) is 151 cm³/mol. The minimum Gasteiger partial charge on any atom is -0.329 e. The van der Waals surface area contributed by atoms with Crippen LogP contribution in [-0.2, 0) is 0 Å². The molecule has 5 heteroatoms. The molecular weight excluding hydrogens is 458 g/mol. The Morgan fingerprint density at radius 3 is 2.35 bits per heavy atom. The van der Waals surface area contributed by atoms with Crippen LogP contribution in [0.4, 0.5) is 0 Å². The van der Waals surface area contributed by atoms with Crippen LogP contribution in [0.15, 0.2) is 89.7 Å². The van der Waals surface area contributed by atoms with Crippen LogP contribution in [0.3, 0.4) is 0 Å². The van der Waals surface area contributed by atoms with Crippen LogP contribution in [0.2, 0.25) is 0 Å². The number of fused-ring (bicyclic) bond motifs is 2. The molecule has 0 radical (unpaired) electrons. The van der Waals surface area contributed by atoms with E-state index < -0.39 is 0 Å². The first-order valence-corrected chi connectivity index (χ1v) is 12.8. The number of para-hydroxylation sites is 1. The zero-order chi connectivity index (χ0) is 26.1. The lowest BCUT2D eigenvalue weighted by Gasteiger charge is -2.32. The van der Waals surface area contributed by atoms with Crippen molar-refractivity contribution in [1.29, 1.82) is 0 Å². The number of nitrogens with zero attached hydrogens (tertiary/aromatic N) is 3. The molecule has 5 nitrogen and oxygen atoms in total. The van der Waals surface area contributed by atoms with E-state index in [2.05, 4.69) is 6.07 Å². The number of benzene rings is 4. The first-order chi connectivity index (χ1) is 17.9. The third-order valence-corrected chi connectivity index (χ3v) is 7.05. The zero-order valence-corrected chi connectivity index (χ0v) is 21.7. The van der Waals surface area contributed by atoms with Crippen LogP contribution in [0.5, 0.6) is 0 Å². The quantitative estimate of drug-likeness (QED) is 0.264. The van der Waals surface area contributed by atoms with Gasteiger partial charge >= 0.3 is 0 Å². The van der Waals surface area contributed by atoms with E-state index in [-0.39, 0.29) is 17.5 Å². The highest BCUT2D eigenvalue weighted by Crippen LogP contribution is 2.29. The number of aromatic nitrogens is 2. The number of hydrogen-bond donors (Lipinski definition) is 0. The van der Waals surface area contributed by atoms with E-state index in [1.807, 2.05) is 111 Å². The maximum Gasteiger partial charge on any atom is 0.266 e. The minimum atomic E-state index is -0.387. The molecule has 0 N–H and O–H groups in total. The number of hydrogen-bond acceptors (Lipinski definition) is 3. The summed E-state index contributed by atoms with van der Waals surface area (Å²) in [5.74, 6) is 0.504. The Bertz CT molecular complexity index is 1690. The minimum absolute atomic E-state index is 0.0744. The highest BCUT2D eigenvalue weighted by atomic mass is 16.2. The van der Waals surface area contributed by atoms with Gasteiger partial charge in [-0.15, -0.1) is 0 Å². The van der Waals surface area contributed by atoms with Gasteiger partial charge in [-0.25, -0.2) is 4.98 Å². The second-order valence-corrected chi connectivity index (χ2v) is 9.49. The van der Waals surface area contributed by atoms with Crippen molar-refractivity contribution in [2.24, 2.45) is 0 Å². The molecule has 0 bridgehead atoms. The number of carbonyl (C=O) groups excluding carboxylic acids is 1. The second-order valence-electron chi connectivity index (χ2n) is 9.49. The summed E-state index contributed by atoms with van der Waals surface area (Å²) in [6, 6.07) is 26.9. The molecule has 5 aromatic rings. The highest BCUT2D eigenvalue weighted by Gasteiger charge is 2.29. The van der Waals surface area contributed by atoms with Gasteiger partial charge in [0.05, 0.1) is 22.6 Å². The average molecular weight is 490 g/mol. The molecule has 186 valence electrons. The molecule has 0 aliphatic carbocycles. The van der Waals surface area contributed by atoms with Gasteiger partial charge in [0.25, 0.3) is 11.5 Å². The van der Waals surface area contributed by atoms with Crippen LogP contribution in [0.25, 0.3) is 27.4 Å². The molecule has 1 aromatic heterocycles. The van der Waals surface area contributed by atoms with E-state index >= 15 is 0 Å². The fourth-order valence-corrected chi connectivity index (χ4v) is 5.20.